The zero-order chi connectivity index (χ0) is 13.1. The monoisotopic (exact) mass is 284 g/mol. The van der Waals surface area contributed by atoms with E-state index in [4.69, 9.17) is 17.0 Å². The first-order valence-corrected chi connectivity index (χ1v) is 5.85. The molecule has 2 nitrogen and oxygen atoms in total. The van der Waals surface area contributed by atoms with Crippen molar-refractivity contribution in [2.75, 3.05) is 0 Å². The summed E-state index contributed by atoms with van der Waals surface area (Å²) in [5.41, 5.74) is 0.513. The zero-order valence-corrected chi connectivity index (χ0v) is 8.95. The zero-order valence-electron chi connectivity index (χ0n) is 7.30. The normalized spacial score (nSPS) is 14.9. The van der Waals surface area contributed by atoms with Crippen molar-refractivity contribution in [1.29, 1.82) is 5.39 Å². The van der Waals surface area contributed by atoms with E-state index in [2.05, 4.69) is 4.98 Å². The van der Waals surface area contributed by atoms with Gasteiger partial charge in [-0.25, -0.2) is 0 Å². The molecule has 0 aliphatic heterocycles. The molecular weight excluding hydrogens is 280 g/mol. The van der Waals surface area contributed by atoms with E-state index in [0.717, 1.165) is 0 Å². The van der Waals surface area contributed by atoms with Crippen LogP contribution in [0.4, 0.5) is 30.9 Å². The van der Waals surface area contributed by atoms with Crippen LogP contribution in [0.15, 0.2) is 24.3 Å². The Labute approximate surface area is 90.7 Å². The van der Waals surface area contributed by atoms with Crippen LogP contribution in [0.1, 0.15) is 0 Å². The van der Waals surface area contributed by atoms with Crippen molar-refractivity contribution in [2.24, 2.45) is 0 Å². The van der Waals surface area contributed by atoms with Crippen LogP contribution < -0.4 is 0 Å². The van der Waals surface area contributed by atoms with Crippen LogP contribution in [0.3, 0.4) is 0 Å². The van der Waals surface area contributed by atoms with E-state index in [9.17, 15) is 25.2 Å². The fourth-order valence-corrected chi connectivity index (χ4v) is 0.634. The number of hydrogen-bond donors (Lipinski definition) is 0. The molecule has 92 valence electrons. The van der Waals surface area contributed by atoms with Gasteiger partial charge in [0.2, 0.25) is 5.39 Å². The molecule has 10 heteroatoms. The Kier molecular flexibility index (Phi) is 3.50. The molecule has 1 rings (SSSR count). The molecule has 0 aliphatic carbocycles. The minimum absolute atomic E-state index is 0.513. The molecule has 0 atom stereocenters. The standard InChI is InChI=1S/C6H4ClN2.F6P/c7-5-1-3-6(9-8)4-2-5;1-7(2,3,4,5)6/h1-4H;/q+1;-1. The van der Waals surface area contributed by atoms with E-state index in [0.29, 0.717) is 10.7 Å². The molecule has 1 aromatic rings. The van der Waals surface area contributed by atoms with Gasteiger partial charge in [-0.2, -0.15) is 0 Å². The molecule has 0 saturated carbocycles. The van der Waals surface area contributed by atoms with Gasteiger partial charge in [0.25, 0.3) is 0 Å². The van der Waals surface area contributed by atoms with Crippen molar-refractivity contribution in [3.8, 4) is 0 Å². The molecular formula is C6H4ClF6N2P. The number of nitrogens with zero attached hydrogens (tertiary/aromatic N) is 2. The van der Waals surface area contributed by atoms with Gasteiger partial charge >= 0.3 is 38.7 Å². The maximum Gasteiger partial charge on any atom is 0.385 e. The third-order valence-electron chi connectivity index (χ3n) is 0.942. The van der Waals surface area contributed by atoms with Gasteiger partial charge < -0.3 is 0 Å². The molecule has 0 aromatic heterocycles. The van der Waals surface area contributed by atoms with Gasteiger partial charge in [0.15, 0.2) is 4.98 Å². The third kappa shape index (κ3) is 15.4. The Morgan fingerprint density at radius 2 is 1.25 bits per heavy atom. The second-order valence-electron chi connectivity index (χ2n) is 2.53. The summed E-state index contributed by atoms with van der Waals surface area (Å²) in [5, 5.41) is 8.85. The van der Waals surface area contributed by atoms with Crippen LogP contribution in [-0.4, -0.2) is 0 Å². The smallest absolute Gasteiger partial charge is 0.0843 e. The summed E-state index contributed by atoms with van der Waals surface area (Å²) in [7, 11) is -10.7. The van der Waals surface area contributed by atoms with Gasteiger partial charge in [0.05, 0.1) is 0 Å². The minimum atomic E-state index is -10.7. The molecule has 0 heterocycles. The molecule has 0 unspecified atom stereocenters. The van der Waals surface area contributed by atoms with E-state index < -0.39 is 7.81 Å². The van der Waals surface area contributed by atoms with Crippen molar-refractivity contribution >= 4 is 25.1 Å². The van der Waals surface area contributed by atoms with Crippen LogP contribution in [0, 0.1) is 5.39 Å². The molecule has 0 spiro atoms. The quantitative estimate of drug-likeness (QED) is 0.316. The Hall–Kier alpha value is -1.06. The molecule has 0 amide bonds. The Bertz CT molecular complexity index is 393. The summed E-state index contributed by atoms with van der Waals surface area (Å²) in [5.74, 6) is 0. The molecule has 16 heavy (non-hydrogen) atoms. The third-order valence-corrected chi connectivity index (χ3v) is 1.19. The van der Waals surface area contributed by atoms with Gasteiger partial charge in [0, 0.05) is 17.2 Å². The second kappa shape index (κ2) is 3.75. The second-order valence-corrected chi connectivity index (χ2v) is 4.89. The molecule has 0 radical (unpaired) electrons. The van der Waals surface area contributed by atoms with Gasteiger partial charge in [0.1, 0.15) is 0 Å². The molecule has 1 aromatic carbocycles. The van der Waals surface area contributed by atoms with Crippen molar-refractivity contribution in [2.45, 2.75) is 0 Å². The van der Waals surface area contributed by atoms with Crippen molar-refractivity contribution in [1.82, 2.24) is 0 Å². The summed E-state index contributed by atoms with van der Waals surface area (Å²) in [6.07, 6.45) is 0. The molecule has 0 N–H and O–H groups in total. The number of hydrogen-bond acceptors (Lipinski definition) is 1. The average molecular weight is 285 g/mol. The number of benzene rings is 1. The van der Waals surface area contributed by atoms with Crippen molar-refractivity contribution < 1.29 is 25.2 Å². The molecule has 0 fully saturated rings. The Morgan fingerprint density at radius 3 is 1.50 bits per heavy atom. The average Bonchev–Trinajstić information content (AvgIpc) is 2.00. The minimum Gasteiger partial charge on any atom is -0.0843 e. The van der Waals surface area contributed by atoms with Crippen molar-refractivity contribution in [3.05, 3.63) is 34.3 Å². The van der Waals surface area contributed by atoms with Gasteiger partial charge in [-0.3, -0.25) is 0 Å². The largest absolute Gasteiger partial charge is 0.385 e. The van der Waals surface area contributed by atoms with E-state index in [1.165, 1.54) is 0 Å². The molecule has 0 aliphatic rings. The predicted octanol–water partition coefficient (Wildman–Crippen LogP) is 6.21. The first kappa shape index (κ1) is 14.9. The van der Waals surface area contributed by atoms with Crippen LogP contribution in [0.25, 0.3) is 4.98 Å². The number of halogens is 7. The summed E-state index contributed by atoms with van der Waals surface area (Å²) >= 11 is 5.55. The van der Waals surface area contributed by atoms with Gasteiger partial charge in [-0.15, -0.1) is 0 Å². The molecule has 0 saturated heterocycles. The molecule has 0 bridgehead atoms. The fraction of sp³-hybridized carbons (Fsp3) is 0. The predicted molar refractivity (Wildman–Crippen MR) is 49.8 cm³/mol. The first-order valence-electron chi connectivity index (χ1n) is 3.45. The van der Waals surface area contributed by atoms with Gasteiger partial charge in [-0.1, -0.05) is 11.6 Å². The van der Waals surface area contributed by atoms with E-state index in [-0.39, 0.29) is 0 Å². The van der Waals surface area contributed by atoms with E-state index >= 15 is 0 Å². The maximum absolute atomic E-state index is 10.7. The summed E-state index contributed by atoms with van der Waals surface area (Å²) in [6.45, 7) is 0. The number of diazo groups is 1. The Morgan fingerprint density at radius 1 is 0.938 bits per heavy atom. The summed E-state index contributed by atoms with van der Waals surface area (Å²) in [6, 6.07) is 6.58. The maximum atomic E-state index is 9.87. The number of rotatable bonds is 0. The first-order chi connectivity index (χ1) is 6.78. The van der Waals surface area contributed by atoms with Crippen LogP contribution >= 0.6 is 19.4 Å². The summed E-state index contributed by atoms with van der Waals surface area (Å²) < 4.78 is 59.2. The van der Waals surface area contributed by atoms with Gasteiger partial charge in [-0.05, 0) is 12.1 Å². The van der Waals surface area contributed by atoms with E-state index in [1.807, 2.05) is 0 Å². The van der Waals surface area contributed by atoms with Crippen LogP contribution in [-0.2, 0) is 0 Å². The summed E-state index contributed by atoms with van der Waals surface area (Å²) in [4.78, 5) is 2.95. The SMILES string of the molecule is F[P-](F)(F)(F)(F)F.N#[N+]c1ccc(Cl)cc1. The topological polar surface area (TPSA) is 28.1 Å². The van der Waals surface area contributed by atoms with Crippen molar-refractivity contribution in [3.63, 3.8) is 0 Å². The fourth-order valence-electron chi connectivity index (χ4n) is 0.508. The van der Waals surface area contributed by atoms with Crippen LogP contribution in [0.5, 0.6) is 0 Å². The van der Waals surface area contributed by atoms with E-state index in [1.54, 1.807) is 24.3 Å². The Balaban J connectivity index is 0.000000293. The van der Waals surface area contributed by atoms with Crippen LogP contribution in [0.2, 0.25) is 5.02 Å².